The molecule has 1 unspecified atom stereocenters. The van der Waals surface area contributed by atoms with Crippen molar-refractivity contribution in [2.45, 2.75) is 12.5 Å². The standard InChI is InChI=1S/C14H9Br2F3O/c15-8-1-7(2-10(17)4-8)3-13(20)14-11(18)5-9(16)6-12(14)19/h1-2,4-6,13,20H,3H2. The first-order valence-electron chi connectivity index (χ1n) is 5.64. The number of aliphatic hydroxyl groups is 1. The van der Waals surface area contributed by atoms with Crippen molar-refractivity contribution < 1.29 is 18.3 Å². The first-order chi connectivity index (χ1) is 9.36. The zero-order chi connectivity index (χ0) is 14.9. The Labute approximate surface area is 130 Å². The summed E-state index contributed by atoms with van der Waals surface area (Å²) in [7, 11) is 0. The second kappa shape index (κ2) is 6.28. The van der Waals surface area contributed by atoms with Gasteiger partial charge in [-0.05, 0) is 35.9 Å². The van der Waals surface area contributed by atoms with E-state index in [0.717, 1.165) is 12.1 Å². The van der Waals surface area contributed by atoms with E-state index in [1.165, 1.54) is 12.1 Å². The molecule has 1 N–H and O–H groups in total. The Morgan fingerprint density at radius 3 is 2.00 bits per heavy atom. The van der Waals surface area contributed by atoms with Crippen LogP contribution in [-0.2, 0) is 6.42 Å². The highest BCUT2D eigenvalue weighted by Crippen LogP contribution is 2.28. The van der Waals surface area contributed by atoms with Crippen LogP contribution in [0.2, 0.25) is 0 Å². The Morgan fingerprint density at radius 2 is 1.45 bits per heavy atom. The Morgan fingerprint density at radius 1 is 0.900 bits per heavy atom. The summed E-state index contributed by atoms with van der Waals surface area (Å²) in [5.74, 6) is -2.18. The van der Waals surface area contributed by atoms with E-state index in [4.69, 9.17) is 0 Å². The third kappa shape index (κ3) is 3.62. The first kappa shape index (κ1) is 15.5. The average molecular weight is 410 g/mol. The highest BCUT2D eigenvalue weighted by atomic mass is 79.9. The summed E-state index contributed by atoms with van der Waals surface area (Å²) in [5.41, 5.74) is 0.0136. The van der Waals surface area contributed by atoms with Gasteiger partial charge in [0.2, 0.25) is 0 Å². The van der Waals surface area contributed by atoms with Gasteiger partial charge in [0, 0.05) is 15.4 Å². The summed E-state index contributed by atoms with van der Waals surface area (Å²) in [5, 5.41) is 9.98. The van der Waals surface area contributed by atoms with Crippen LogP contribution >= 0.6 is 31.9 Å². The largest absolute Gasteiger partial charge is 0.388 e. The lowest BCUT2D eigenvalue weighted by atomic mass is 10.0. The minimum Gasteiger partial charge on any atom is -0.388 e. The SMILES string of the molecule is OC(Cc1cc(F)cc(Br)c1)c1c(F)cc(Br)cc1F. The van der Waals surface area contributed by atoms with Crippen molar-refractivity contribution >= 4 is 31.9 Å². The summed E-state index contributed by atoms with van der Waals surface area (Å²) in [6.07, 6.45) is -1.48. The fourth-order valence-corrected chi connectivity index (χ4v) is 2.84. The van der Waals surface area contributed by atoms with Crippen molar-refractivity contribution in [3.8, 4) is 0 Å². The number of rotatable bonds is 3. The Balaban J connectivity index is 2.30. The molecular formula is C14H9Br2F3O. The molecule has 0 radical (unpaired) electrons. The zero-order valence-electron chi connectivity index (χ0n) is 10.0. The minimum absolute atomic E-state index is 0.0914. The summed E-state index contributed by atoms with van der Waals surface area (Å²) < 4.78 is 41.4. The van der Waals surface area contributed by atoms with Crippen molar-refractivity contribution in [1.82, 2.24) is 0 Å². The molecule has 0 aromatic heterocycles. The Hall–Kier alpha value is -0.850. The molecule has 0 amide bonds. The van der Waals surface area contributed by atoms with Crippen LogP contribution in [0.25, 0.3) is 0 Å². The molecule has 0 spiro atoms. The number of hydrogen-bond donors (Lipinski definition) is 1. The molecule has 0 fully saturated rings. The van der Waals surface area contributed by atoms with Gasteiger partial charge in [-0.3, -0.25) is 0 Å². The predicted octanol–water partition coefficient (Wildman–Crippen LogP) is 4.91. The predicted molar refractivity (Wildman–Crippen MR) is 76.8 cm³/mol. The van der Waals surface area contributed by atoms with Crippen molar-refractivity contribution in [2.24, 2.45) is 0 Å². The number of benzene rings is 2. The Bertz CT molecular complexity index is 603. The molecule has 2 aromatic rings. The van der Waals surface area contributed by atoms with Crippen LogP contribution in [0.5, 0.6) is 0 Å². The quantitative estimate of drug-likeness (QED) is 0.763. The molecule has 1 atom stereocenters. The molecule has 1 nitrogen and oxygen atoms in total. The van der Waals surface area contributed by atoms with Gasteiger partial charge in [0.1, 0.15) is 17.5 Å². The van der Waals surface area contributed by atoms with Crippen LogP contribution in [0, 0.1) is 17.5 Å². The van der Waals surface area contributed by atoms with E-state index in [9.17, 15) is 18.3 Å². The van der Waals surface area contributed by atoms with Crippen molar-refractivity contribution in [3.05, 3.63) is 67.9 Å². The average Bonchev–Trinajstić information content (AvgIpc) is 2.25. The fourth-order valence-electron chi connectivity index (χ4n) is 1.93. The van der Waals surface area contributed by atoms with E-state index in [1.54, 1.807) is 6.07 Å². The van der Waals surface area contributed by atoms with Gasteiger partial charge in [-0.25, -0.2) is 13.2 Å². The zero-order valence-corrected chi connectivity index (χ0v) is 13.2. The van der Waals surface area contributed by atoms with E-state index in [-0.39, 0.29) is 10.9 Å². The van der Waals surface area contributed by atoms with E-state index >= 15 is 0 Å². The van der Waals surface area contributed by atoms with E-state index < -0.39 is 29.1 Å². The van der Waals surface area contributed by atoms with Crippen LogP contribution in [0.4, 0.5) is 13.2 Å². The van der Waals surface area contributed by atoms with Gasteiger partial charge in [-0.15, -0.1) is 0 Å². The molecular weight excluding hydrogens is 401 g/mol. The summed E-state index contributed by atoms with van der Waals surface area (Å²) in [6, 6.07) is 6.20. The van der Waals surface area contributed by atoms with Gasteiger partial charge in [0.25, 0.3) is 0 Å². The third-order valence-corrected chi connectivity index (χ3v) is 3.64. The molecule has 2 rings (SSSR count). The smallest absolute Gasteiger partial charge is 0.133 e. The second-order valence-electron chi connectivity index (χ2n) is 4.28. The maximum atomic E-state index is 13.7. The number of halogens is 5. The lowest BCUT2D eigenvalue weighted by Crippen LogP contribution is -2.07. The van der Waals surface area contributed by atoms with E-state index in [0.29, 0.717) is 10.0 Å². The van der Waals surface area contributed by atoms with Crippen LogP contribution in [0.15, 0.2) is 39.3 Å². The van der Waals surface area contributed by atoms with Crippen LogP contribution in [0.1, 0.15) is 17.2 Å². The van der Waals surface area contributed by atoms with Crippen molar-refractivity contribution in [1.29, 1.82) is 0 Å². The number of aliphatic hydroxyl groups excluding tert-OH is 1. The molecule has 0 saturated carbocycles. The molecule has 6 heteroatoms. The molecule has 0 bridgehead atoms. The maximum absolute atomic E-state index is 13.7. The highest BCUT2D eigenvalue weighted by molar-refractivity contribution is 9.10. The van der Waals surface area contributed by atoms with Gasteiger partial charge in [0.15, 0.2) is 0 Å². The lowest BCUT2D eigenvalue weighted by Gasteiger charge is -2.14. The second-order valence-corrected chi connectivity index (χ2v) is 6.11. The Kier molecular flexibility index (Phi) is 4.88. The summed E-state index contributed by atoms with van der Waals surface area (Å²) in [4.78, 5) is 0. The van der Waals surface area contributed by atoms with Crippen LogP contribution in [0.3, 0.4) is 0 Å². The molecule has 0 aliphatic heterocycles. The van der Waals surface area contributed by atoms with Crippen molar-refractivity contribution in [3.63, 3.8) is 0 Å². The molecule has 0 aliphatic rings. The van der Waals surface area contributed by atoms with Crippen LogP contribution in [-0.4, -0.2) is 5.11 Å². The first-order valence-corrected chi connectivity index (χ1v) is 7.23. The molecule has 0 aliphatic carbocycles. The monoisotopic (exact) mass is 408 g/mol. The van der Waals surface area contributed by atoms with Gasteiger partial charge in [0.05, 0.1) is 11.7 Å². The van der Waals surface area contributed by atoms with Gasteiger partial charge >= 0.3 is 0 Å². The number of hydrogen-bond acceptors (Lipinski definition) is 1. The van der Waals surface area contributed by atoms with Gasteiger partial charge in [-0.2, -0.15) is 0 Å². The van der Waals surface area contributed by atoms with E-state index in [2.05, 4.69) is 31.9 Å². The molecule has 0 heterocycles. The molecule has 0 saturated heterocycles. The molecule has 2 aromatic carbocycles. The molecule has 20 heavy (non-hydrogen) atoms. The van der Waals surface area contributed by atoms with Crippen molar-refractivity contribution in [2.75, 3.05) is 0 Å². The highest BCUT2D eigenvalue weighted by Gasteiger charge is 2.19. The summed E-state index contributed by atoms with van der Waals surface area (Å²) in [6.45, 7) is 0. The third-order valence-electron chi connectivity index (χ3n) is 2.73. The summed E-state index contributed by atoms with van der Waals surface area (Å²) >= 11 is 6.09. The van der Waals surface area contributed by atoms with Crippen LogP contribution < -0.4 is 0 Å². The van der Waals surface area contributed by atoms with Gasteiger partial charge < -0.3 is 5.11 Å². The lowest BCUT2D eigenvalue weighted by molar-refractivity contribution is 0.168. The topological polar surface area (TPSA) is 20.2 Å². The maximum Gasteiger partial charge on any atom is 0.133 e. The van der Waals surface area contributed by atoms with Gasteiger partial charge in [-0.1, -0.05) is 31.9 Å². The molecule has 106 valence electrons. The van der Waals surface area contributed by atoms with E-state index in [1.807, 2.05) is 0 Å². The normalized spacial score (nSPS) is 12.5. The minimum atomic E-state index is -1.39. The fraction of sp³-hybridized carbons (Fsp3) is 0.143.